The van der Waals surface area contributed by atoms with Crippen LogP contribution in [-0.2, 0) is 32.4 Å². The van der Waals surface area contributed by atoms with Gasteiger partial charge in [0.1, 0.15) is 0 Å². The lowest BCUT2D eigenvalue weighted by Crippen LogP contribution is -2.22. The molecule has 0 saturated heterocycles. The van der Waals surface area contributed by atoms with E-state index in [2.05, 4.69) is 13.8 Å². The van der Waals surface area contributed by atoms with Gasteiger partial charge in [0.05, 0.1) is 11.1 Å². The lowest BCUT2D eigenvalue weighted by Gasteiger charge is -2.14. The van der Waals surface area contributed by atoms with Gasteiger partial charge < -0.3 is 0 Å². The Kier molecular flexibility index (Phi) is 13.0. The van der Waals surface area contributed by atoms with Crippen LogP contribution in [-0.4, -0.2) is 18.2 Å². The van der Waals surface area contributed by atoms with Crippen LogP contribution in [0.25, 0.3) is 0 Å². The lowest BCUT2D eigenvalue weighted by atomic mass is 10.1. The highest BCUT2D eigenvalue weighted by atomic mass is 17.3. The van der Waals surface area contributed by atoms with Gasteiger partial charge in [-0.25, -0.2) is 9.59 Å². The van der Waals surface area contributed by atoms with E-state index in [0.717, 1.165) is 25.7 Å². The Balaban J connectivity index is 1.80. The molecule has 0 spiro atoms. The molecule has 0 aliphatic carbocycles. The second-order valence-corrected chi connectivity index (χ2v) is 8.46. The van der Waals surface area contributed by atoms with Crippen LogP contribution in [0, 0.1) is 0 Å². The monoisotopic (exact) mass is 470 g/mol. The highest BCUT2D eigenvalue weighted by Gasteiger charge is 2.19. The van der Waals surface area contributed by atoms with Gasteiger partial charge in [0.25, 0.3) is 0 Å². The Bertz CT molecular complexity index is 775. The van der Waals surface area contributed by atoms with Crippen molar-refractivity contribution in [2.24, 2.45) is 0 Å². The summed E-state index contributed by atoms with van der Waals surface area (Å²) in [7, 11) is 0. The molecule has 6 heteroatoms. The van der Waals surface area contributed by atoms with E-state index in [-0.39, 0.29) is 0 Å². The van der Waals surface area contributed by atoms with Gasteiger partial charge in [-0.3, -0.25) is 9.78 Å². The maximum absolute atomic E-state index is 12.3. The van der Waals surface area contributed by atoms with E-state index >= 15 is 0 Å². The maximum Gasteiger partial charge on any atom is 0.373 e. The molecule has 0 atom stereocenters. The zero-order chi connectivity index (χ0) is 24.6. The smallest absolute Gasteiger partial charge is 0.290 e. The van der Waals surface area contributed by atoms with E-state index in [1.165, 1.54) is 36.8 Å². The quantitative estimate of drug-likeness (QED) is 0.112. The minimum Gasteiger partial charge on any atom is -0.290 e. The Morgan fingerprint density at radius 3 is 1.38 bits per heavy atom. The third-order valence-corrected chi connectivity index (χ3v) is 5.50. The predicted molar refractivity (Wildman–Crippen MR) is 131 cm³/mol. The first-order valence-corrected chi connectivity index (χ1v) is 12.5. The first-order chi connectivity index (χ1) is 16.6. The first-order valence-electron chi connectivity index (χ1n) is 12.5. The molecule has 0 fully saturated rings. The molecule has 0 unspecified atom stereocenters. The average molecular weight is 471 g/mol. The number of rotatable bonds is 16. The Morgan fingerprint density at radius 1 is 0.618 bits per heavy atom. The molecule has 2 rings (SSSR count). The lowest BCUT2D eigenvalue weighted by molar-refractivity contribution is -0.421. The van der Waals surface area contributed by atoms with Gasteiger partial charge in [0.15, 0.2) is 0 Å². The normalized spacial score (nSPS) is 10.9. The molecular weight excluding hydrogens is 432 g/mol. The number of hydrogen-bond donors (Lipinski definition) is 0. The third-order valence-electron chi connectivity index (χ3n) is 5.50. The van der Waals surface area contributed by atoms with Crippen LogP contribution in [0.4, 0.5) is 0 Å². The summed E-state index contributed by atoms with van der Waals surface area (Å²) in [4.78, 5) is 44.7. The summed E-state index contributed by atoms with van der Waals surface area (Å²) in [6, 6.07) is 14.5. The minimum atomic E-state index is -1.01. The number of hydrogen-bond acceptors (Lipinski definition) is 6. The molecule has 0 radical (unpaired) electrons. The fraction of sp³-hybridized carbons (Fsp3) is 0.500. The molecule has 0 amide bonds. The Hall–Kier alpha value is -2.70. The molecule has 0 aliphatic heterocycles. The predicted octanol–water partition coefficient (Wildman–Crippen LogP) is 7.16. The summed E-state index contributed by atoms with van der Waals surface area (Å²) in [5, 5.41) is 0. The zero-order valence-electron chi connectivity index (χ0n) is 20.7. The molecule has 0 heterocycles. The Morgan fingerprint density at radius 2 is 1.03 bits per heavy atom. The second kappa shape index (κ2) is 16.0. The summed E-state index contributed by atoms with van der Waals surface area (Å²) >= 11 is 0. The van der Waals surface area contributed by atoms with Gasteiger partial charge in [-0.1, -0.05) is 77.1 Å². The van der Waals surface area contributed by atoms with E-state index in [9.17, 15) is 9.59 Å². The SMILES string of the molecule is CCCCCc1ccc(C(=O)OOC(CCC)OOC(=O)c2ccc(CCCCC)cc2)cc1. The van der Waals surface area contributed by atoms with Crippen LogP contribution in [0.2, 0.25) is 0 Å². The number of aryl methyl sites for hydroxylation is 2. The number of carbonyl (C=O) groups is 2. The van der Waals surface area contributed by atoms with E-state index in [1.54, 1.807) is 24.3 Å². The molecule has 186 valence electrons. The second-order valence-electron chi connectivity index (χ2n) is 8.46. The average Bonchev–Trinajstić information content (AvgIpc) is 2.86. The number of benzene rings is 2. The van der Waals surface area contributed by atoms with Gasteiger partial charge in [-0.05, 0) is 61.1 Å². The fourth-order valence-electron chi connectivity index (χ4n) is 3.41. The van der Waals surface area contributed by atoms with Crippen LogP contribution in [0.3, 0.4) is 0 Å². The molecule has 2 aromatic carbocycles. The van der Waals surface area contributed by atoms with Crippen molar-refractivity contribution in [1.29, 1.82) is 0 Å². The highest BCUT2D eigenvalue weighted by molar-refractivity contribution is 5.89. The fourth-order valence-corrected chi connectivity index (χ4v) is 3.41. The number of carbonyl (C=O) groups excluding carboxylic acids is 2. The Labute approximate surface area is 203 Å². The van der Waals surface area contributed by atoms with Crippen molar-refractivity contribution >= 4 is 11.9 Å². The van der Waals surface area contributed by atoms with Gasteiger partial charge in [0.2, 0.25) is 6.29 Å². The van der Waals surface area contributed by atoms with Gasteiger partial charge in [0, 0.05) is 6.42 Å². The van der Waals surface area contributed by atoms with Crippen molar-refractivity contribution in [2.45, 2.75) is 91.3 Å². The van der Waals surface area contributed by atoms with E-state index in [4.69, 9.17) is 19.6 Å². The number of unbranched alkanes of at least 4 members (excludes halogenated alkanes) is 4. The molecule has 0 aliphatic rings. The molecule has 0 bridgehead atoms. The molecule has 6 nitrogen and oxygen atoms in total. The van der Waals surface area contributed by atoms with Gasteiger partial charge in [-0.2, -0.15) is 0 Å². The summed E-state index contributed by atoms with van der Waals surface area (Å²) < 4.78 is 0. The van der Waals surface area contributed by atoms with Crippen LogP contribution in [0.1, 0.15) is 104 Å². The van der Waals surface area contributed by atoms with Crippen molar-refractivity contribution in [3.63, 3.8) is 0 Å². The molecule has 0 aromatic heterocycles. The van der Waals surface area contributed by atoms with Crippen LogP contribution in [0.5, 0.6) is 0 Å². The summed E-state index contributed by atoms with van der Waals surface area (Å²) in [5.74, 6) is -1.26. The molecule has 0 N–H and O–H groups in total. The summed E-state index contributed by atoms with van der Waals surface area (Å²) in [6.07, 6.45) is 8.98. The summed E-state index contributed by atoms with van der Waals surface area (Å²) in [5.41, 5.74) is 3.12. The van der Waals surface area contributed by atoms with Crippen molar-refractivity contribution in [1.82, 2.24) is 0 Å². The van der Waals surface area contributed by atoms with Crippen LogP contribution < -0.4 is 0 Å². The van der Waals surface area contributed by atoms with E-state index in [0.29, 0.717) is 24.0 Å². The summed E-state index contributed by atoms with van der Waals surface area (Å²) in [6.45, 7) is 6.25. The van der Waals surface area contributed by atoms with Crippen molar-refractivity contribution in [3.8, 4) is 0 Å². The van der Waals surface area contributed by atoms with Crippen molar-refractivity contribution in [3.05, 3.63) is 70.8 Å². The minimum absolute atomic E-state index is 0.380. The topological polar surface area (TPSA) is 71.1 Å². The standard InChI is InChI=1S/C28H38O6/c1-4-7-9-12-22-14-18-24(19-15-22)27(29)33-31-26(11-6-3)32-34-28(30)25-20-16-23(17-21-25)13-10-8-5-2/h14-21,26H,4-13H2,1-3H3. The molecule has 2 aromatic rings. The van der Waals surface area contributed by atoms with E-state index < -0.39 is 18.2 Å². The van der Waals surface area contributed by atoms with Crippen molar-refractivity contribution < 1.29 is 29.1 Å². The first kappa shape index (κ1) is 27.5. The van der Waals surface area contributed by atoms with E-state index in [1.807, 2.05) is 31.2 Å². The molecule has 0 saturated carbocycles. The highest BCUT2D eigenvalue weighted by Crippen LogP contribution is 2.14. The van der Waals surface area contributed by atoms with Crippen LogP contribution >= 0.6 is 0 Å². The molecular formula is C28H38O6. The molecule has 34 heavy (non-hydrogen) atoms. The third kappa shape index (κ3) is 10.1. The van der Waals surface area contributed by atoms with Crippen molar-refractivity contribution in [2.75, 3.05) is 0 Å². The zero-order valence-corrected chi connectivity index (χ0v) is 20.7. The largest absolute Gasteiger partial charge is 0.373 e. The van der Waals surface area contributed by atoms with Gasteiger partial charge >= 0.3 is 11.9 Å². The maximum atomic E-state index is 12.3. The van der Waals surface area contributed by atoms with Crippen LogP contribution in [0.15, 0.2) is 48.5 Å². The van der Waals surface area contributed by atoms with Gasteiger partial charge in [-0.15, -0.1) is 9.78 Å².